The van der Waals surface area contributed by atoms with Crippen LogP contribution in [0.2, 0.25) is 0 Å². The molecule has 0 saturated carbocycles. The van der Waals surface area contributed by atoms with Crippen molar-refractivity contribution in [2.45, 2.75) is 0 Å². The van der Waals surface area contributed by atoms with Crippen LogP contribution in [0.4, 0.5) is 17.1 Å². The van der Waals surface area contributed by atoms with Crippen molar-refractivity contribution in [2.75, 3.05) is 4.90 Å². The molecule has 272 valence electrons. The van der Waals surface area contributed by atoms with Crippen molar-refractivity contribution in [1.82, 2.24) is 9.13 Å². The second kappa shape index (κ2) is 13.1. The third kappa shape index (κ3) is 5.12. The predicted molar refractivity (Wildman–Crippen MR) is 248 cm³/mol. The van der Waals surface area contributed by atoms with Crippen LogP contribution in [-0.2, 0) is 0 Å². The lowest BCUT2D eigenvalue weighted by Gasteiger charge is -2.27. The Hall–Kier alpha value is -7.40. The summed E-state index contributed by atoms with van der Waals surface area (Å²) in [5, 5.41) is 7.53. The second-order valence-electron chi connectivity index (χ2n) is 15.0. The zero-order valence-electron chi connectivity index (χ0n) is 31.5. The molecule has 3 heterocycles. The van der Waals surface area contributed by atoms with E-state index in [-0.39, 0.29) is 0 Å². The number of para-hydroxylation sites is 5. The standard InChI is InChI=1S/C54H35N3S/c1-3-15-38(16-4-1)55(40-28-30-54-48(35-40)46-22-10-14-26-53(46)58-54)41-31-37(32-42(34-41)57-49-23-11-7-19-43(49)44-20-8-12-24-50(44)57)36-27-29-52-47(33-36)45-21-9-13-25-51(45)56(52)39-17-5-2-6-18-39/h1-35H. The molecule has 0 aliphatic heterocycles. The minimum atomic E-state index is 1.09. The molecule has 0 fully saturated rings. The van der Waals surface area contributed by atoms with Crippen LogP contribution in [0.25, 0.3) is 86.3 Å². The topological polar surface area (TPSA) is 13.1 Å². The first kappa shape index (κ1) is 32.8. The molecular formula is C54H35N3S. The van der Waals surface area contributed by atoms with Crippen LogP contribution >= 0.6 is 11.3 Å². The van der Waals surface area contributed by atoms with Gasteiger partial charge in [0.2, 0.25) is 0 Å². The number of hydrogen-bond donors (Lipinski definition) is 0. The van der Waals surface area contributed by atoms with Crippen molar-refractivity contribution in [1.29, 1.82) is 0 Å². The monoisotopic (exact) mass is 757 g/mol. The van der Waals surface area contributed by atoms with Crippen molar-refractivity contribution >= 4 is 92.2 Å². The molecule has 4 heteroatoms. The molecule has 0 aliphatic carbocycles. The van der Waals surface area contributed by atoms with Crippen LogP contribution in [-0.4, -0.2) is 9.13 Å². The maximum atomic E-state index is 2.44. The van der Waals surface area contributed by atoms with Crippen LogP contribution < -0.4 is 4.90 Å². The summed E-state index contributed by atoms with van der Waals surface area (Å²) in [6, 6.07) is 77.6. The Balaban J connectivity index is 1.14. The Kier molecular flexibility index (Phi) is 7.40. The molecule has 3 aromatic heterocycles. The maximum absolute atomic E-state index is 2.44. The third-order valence-electron chi connectivity index (χ3n) is 11.7. The lowest BCUT2D eigenvalue weighted by molar-refractivity contribution is 1.17. The highest BCUT2D eigenvalue weighted by molar-refractivity contribution is 7.25. The molecule has 0 atom stereocenters. The van der Waals surface area contributed by atoms with Crippen LogP contribution in [0.5, 0.6) is 0 Å². The largest absolute Gasteiger partial charge is 0.310 e. The maximum Gasteiger partial charge on any atom is 0.0541 e. The fourth-order valence-electron chi connectivity index (χ4n) is 9.11. The van der Waals surface area contributed by atoms with Gasteiger partial charge in [-0.3, -0.25) is 0 Å². The summed E-state index contributed by atoms with van der Waals surface area (Å²) in [4.78, 5) is 2.42. The highest BCUT2D eigenvalue weighted by Crippen LogP contribution is 2.44. The Labute approximate surface area is 339 Å². The van der Waals surface area contributed by atoms with Gasteiger partial charge in [-0.05, 0) is 108 Å². The minimum absolute atomic E-state index is 1.09. The van der Waals surface area contributed by atoms with Crippen molar-refractivity contribution in [3.05, 3.63) is 212 Å². The number of anilines is 3. The average Bonchev–Trinajstić information content (AvgIpc) is 3.94. The second-order valence-corrected chi connectivity index (χ2v) is 16.1. The molecule has 0 aliphatic rings. The number of hydrogen-bond acceptors (Lipinski definition) is 2. The van der Waals surface area contributed by atoms with Gasteiger partial charge in [-0.15, -0.1) is 11.3 Å². The van der Waals surface area contributed by atoms with Gasteiger partial charge < -0.3 is 14.0 Å². The van der Waals surface area contributed by atoms with E-state index in [2.05, 4.69) is 226 Å². The molecule has 12 rings (SSSR count). The summed E-state index contributed by atoms with van der Waals surface area (Å²) in [6.07, 6.45) is 0. The molecule has 9 aromatic carbocycles. The molecule has 0 radical (unpaired) electrons. The zero-order chi connectivity index (χ0) is 38.2. The van der Waals surface area contributed by atoms with Gasteiger partial charge in [0.15, 0.2) is 0 Å². The normalized spacial score (nSPS) is 11.8. The van der Waals surface area contributed by atoms with Crippen molar-refractivity contribution in [3.63, 3.8) is 0 Å². The summed E-state index contributed by atoms with van der Waals surface area (Å²) in [5.41, 5.74) is 12.7. The average molecular weight is 758 g/mol. The third-order valence-corrected chi connectivity index (χ3v) is 12.8. The van der Waals surface area contributed by atoms with Crippen LogP contribution in [0, 0.1) is 0 Å². The SMILES string of the molecule is c1ccc(N(c2cc(-c3ccc4c(c3)c3ccccc3n4-c3ccccc3)cc(-n3c4ccccc4c4ccccc43)c2)c2ccc3sc4ccccc4c3c2)cc1. The van der Waals surface area contributed by atoms with E-state index < -0.39 is 0 Å². The van der Waals surface area contributed by atoms with E-state index in [4.69, 9.17) is 0 Å². The molecule has 0 unspecified atom stereocenters. The molecule has 0 spiro atoms. The lowest BCUT2D eigenvalue weighted by atomic mass is 10.0. The number of benzene rings is 9. The number of nitrogens with zero attached hydrogens (tertiary/aromatic N) is 3. The van der Waals surface area contributed by atoms with E-state index in [0.717, 1.165) is 34.0 Å². The Bertz CT molecular complexity index is 3470. The van der Waals surface area contributed by atoms with Crippen LogP contribution in [0.15, 0.2) is 212 Å². The molecular weight excluding hydrogens is 723 g/mol. The van der Waals surface area contributed by atoms with Gasteiger partial charge in [-0.25, -0.2) is 0 Å². The number of rotatable bonds is 6. The smallest absolute Gasteiger partial charge is 0.0541 e. The Morgan fingerprint density at radius 3 is 1.55 bits per heavy atom. The van der Waals surface area contributed by atoms with Crippen molar-refractivity contribution in [3.8, 4) is 22.5 Å². The quantitative estimate of drug-likeness (QED) is 0.165. The molecule has 0 saturated heterocycles. The molecule has 0 bridgehead atoms. The van der Waals surface area contributed by atoms with Crippen molar-refractivity contribution < 1.29 is 0 Å². The van der Waals surface area contributed by atoms with Gasteiger partial charge in [0.25, 0.3) is 0 Å². The van der Waals surface area contributed by atoms with Gasteiger partial charge in [-0.1, -0.05) is 115 Å². The van der Waals surface area contributed by atoms with Gasteiger partial charge in [0.1, 0.15) is 0 Å². The highest BCUT2D eigenvalue weighted by Gasteiger charge is 2.20. The molecule has 12 aromatic rings. The highest BCUT2D eigenvalue weighted by atomic mass is 32.1. The van der Waals surface area contributed by atoms with E-state index in [1.54, 1.807) is 0 Å². The van der Waals surface area contributed by atoms with E-state index in [1.165, 1.54) is 69.3 Å². The number of aromatic nitrogens is 2. The lowest BCUT2D eigenvalue weighted by Crippen LogP contribution is -2.11. The summed E-state index contributed by atoms with van der Waals surface area (Å²) < 4.78 is 7.42. The first-order valence-electron chi connectivity index (χ1n) is 19.8. The predicted octanol–water partition coefficient (Wildman–Crippen LogP) is 15.4. The zero-order valence-corrected chi connectivity index (χ0v) is 32.3. The molecule has 0 amide bonds. The fraction of sp³-hybridized carbons (Fsp3) is 0. The number of fused-ring (bicyclic) bond motifs is 9. The Morgan fingerprint density at radius 1 is 0.293 bits per heavy atom. The summed E-state index contributed by atoms with van der Waals surface area (Å²) >= 11 is 1.85. The summed E-state index contributed by atoms with van der Waals surface area (Å²) in [5.74, 6) is 0. The van der Waals surface area contributed by atoms with Gasteiger partial charge >= 0.3 is 0 Å². The van der Waals surface area contributed by atoms with Gasteiger partial charge in [-0.2, -0.15) is 0 Å². The summed E-state index contributed by atoms with van der Waals surface area (Å²) in [7, 11) is 0. The van der Waals surface area contributed by atoms with Gasteiger partial charge in [0.05, 0.1) is 22.1 Å². The van der Waals surface area contributed by atoms with E-state index >= 15 is 0 Å². The first-order valence-corrected chi connectivity index (χ1v) is 20.6. The summed E-state index contributed by atoms with van der Waals surface area (Å²) in [6.45, 7) is 0. The molecule has 58 heavy (non-hydrogen) atoms. The molecule has 3 nitrogen and oxygen atoms in total. The van der Waals surface area contributed by atoms with E-state index in [9.17, 15) is 0 Å². The number of thiophene rings is 1. The van der Waals surface area contributed by atoms with E-state index in [0.29, 0.717) is 0 Å². The molecule has 0 N–H and O–H groups in total. The Morgan fingerprint density at radius 2 is 0.845 bits per heavy atom. The van der Waals surface area contributed by atoms with Crippen LogP contribution in [0.3, 0.4) is 0 Å². The first-order chi connectivity index (χ1) is 28.8. The minimum Gasteiger partial charge on any atom is -0.310 e. The van der Waals surface area contributed by atoms with Crippen LogP contribution in [0.1, 0.15) is 0 Å². The van der Waals surface area contributed by atoms with Gasteiger partial charge in [0, 0.05) is 70.2 Å². The fourth-order valence-corrected chi connectivity index (χ4v) is 10.2. The van der Waals surface area contributed by atoms with E-state index in [1.807, 2.05) is 11.3 Å². The van der Waals surface area contributed by atoms with Crippen molar-refractivity contribution in [2.24, 2.45) is 0 Å².